The Labute approximate surface area is 165 Å². The molecule has 3 aromatic rings. The number of rotatable bonds is 8. The van der Waals surface area contributed by atoms with Gasteiger partial charge in [-0.1, -0.05) is 56.5 Å². The highest BCUT2D eigenvalue weighted by atomic mass is 32.1. The van der Waals surface area contributed by atoms with Gasteiger partial charge in [-0.15, -0.1) is 11.3 Å². The molecular formula is C24H24N2S. The monoisotopic (exact) mass is 372 g/mol. The number of aryl methyl sites for hydroxylation is 1. The minimum Gasteiger partial charge on any atom is -0.264 e. The average Bonchev–Trinajstić information content (AvgIpc) is 3.19. The van der Waals surface area contributed by atoms with Crippen molar-refractivity contribution in [3.8, 4) is 16.5 Å². The molecule has 2 aromatic heterocycles. The minimum absolute atomic E-state index is 0.650. The van der Waals surface area contributed by atoms with Gasteiger partial charge < -0.3 is 0 Å². The Morgan fingerprint density at radius 1 is 1.07 bits per heavy atom. The number of pyridine rings is 1. The standard InChI is InChI=1S/C24H24N2S/c1-2-3-4-5-8-23-13-14-24(27-23)21-11-9-20(10-12-21)22(17-25)16-19-7-6-15-26-18-19/h6-7,9-16,18H,2-5,8H2,1H3/b22-16+. The van der Waals surface area contributed by atoms with E-state index in [1.165, 1.54) is 47.4 Å². The van der Waals surface area contributed by atoms with Crippen molar-refractivity contribution < 1.29 is 0 Å². The molecule has 0 aliphatic rings. The van der Waals surface area contributed by atoms with Gasteiger partial charge in [-0.3, -0.25) is 4.98 Å². The number of nitrogens with zero attached hydrogens (tertiary/aromatic N) is 2. The summed E-state index contributed by atoms with van der Waals surface area (Å²) < 4.78 is 0. The Balaban J connectivity index is 1.71. The van der Waals surface area contributed by atoms with Gasteiger partial charge in [-0.25, -0.2) is 0 Å². The minimum atomic E-state index is 0.650. The first kappa shape index (κ1) is 19.1. The van der Waals surface area contributed by atoms with Gasteiger partial charge in [0.1, 0.15) is 0 Å². The molecule has 136 valence electrons. The zero-order chi connectivity index (χ0) is 18.9. The summed E-state index contributed by atoms with van der Waals surface area (Å²) in [7, 11) is 0. The van der Waals surface area contributed by atoms with Crippen LogP contribution in [0.4, 0.5) is 0 Å². The number of thiophene rings is 1. The number of hydrogen-bond donors (Lipinski definition) is 0. The number of aromatic nitrogens is 1. The Morgan fingerprint density at radius 3 is 2.63 bits per heavy atom. The van der Waals surface area contributed by atoms with E-state index >= 15 is 0 Å². The fourth-order valence-corrected chi connectivity index (χ4v) is 4.07. The number of allylic oxidation sites excluding steroid dienone is 1. The van der Waals surface area contributed by atoms with E-state index < -0.39 is 0 Å². The maximum atomic E-state index is 9.51. The lowest BCUT2D eigenvalue weighted by molar-refractivity contribution is 0.670. The molecule has 0 radical (unpaired) electrons. The van der Waals surface area contributed by atoms with Crippen LogP contribution in [0.5, 0.6) is 0 Å². The van der Waals surface area contributed by atoms with E-state index in [4.69, 9.17) is 0 Å². The molecule has 2 heterocycles. The quantitative estimate of drug-likeness (QED) is 0.315. The van der Waals surface area contributed by atoms with Crippen molar-refractivity contribution in [2.75, 3.05) is 0 Å². The van der Waals surface area contributed by atoms with Gasteiger partial charge in [0.2, 0.25) is 0 Å². The van der Waals surface area contributed by atoms with Crippen LogP contribution in [-0.4, -0.2) is 4.98 Å². The molecule has 0 unspecified atom stereocenters. The van der Waals surface area contributed by atoms with Crippen LogP contribution >= 0.6 is 11.3 Å². The van der Waals surface area contributed by atoms with Crippen molar-refractivity contribution in [3.05, 3.63) is 76.9 Å². The lowest BCUT2D eigenvalue weighted by atomic mass is 10.0. The first-order valence-electron chi connectivity index (χ1n) is 9.51. The summed E-state index contributed by atoms with van der Waals surface area (Å²) in [6.45, 7) is 2.25. The van der Waals surface area contributed by atoms with Crippen LogP contribution in [0.2, 0.25) is 0 Å². The second-order valence-electron chi connectivity index (χ2n) is 6.61. The Bertz CT molecular complexity index is 915. The zero-order valence-corrected chi connectivity index (χ0v) is 16.5. The molecule has 0 saturated heterocycles. The van der Waals surface area contributed by atoms with Crippen molar-refractivity contribution >= 4 is 23.0 Å². The number of unbranched alkanes of at least 4 members (excludes halogenated alkanes) is 3. The summed E-state index contributed by atoms with van der Waals surface area (Å²) in [5, 5.41) is 9.51. The molecule has 27 heavy (non-hydrogen) atoms. The summed E-state index contributed by atoms with van der Waals surface area (Å²) in [6.07, 6.45) is 11.7. The van der Waals surface area contributed by atoms with Crippen molar-refractivity contribution in [1.29, 1.82) is 5.26 Å². The van der Waals surface area contributed by atoms with Crippen molar-refractivity contribution in [2.24, 2.45) is 0 Å². The van der Waals surface area contributed by atoms with E-state index in [1.54, 1.807) is 12.4 Å². The summed E-state index contributed by atoms with van der Waals surface area (Å²) in [6, 6.07) is 18.9. The van der Waals surface area contributed by atoms with Gasteiger partial charge in [-0.2, -0.15) is 5.26 Å². The molecule has 0 spiro atoms. The van der Waals surface area contributed by atoms with E-state index in [2.05, 4.69) is 42.2 Å². The molecule has 0 aliphatic heterocycles. The average molecular weight is 373 g/mol. The molecule has 1 aromatic carbocycles. The molecule has 0 amide bonds. The third kappa shape index (κ3) is 5.39. The van der Waals surface area contributed by atoms with Gasteiger partial charge >= 0.3 is 0 Å². The first-order valence-corrected chi connectivity index (χ1v) is 10.3. The van der Waals surface area contributed by atoms with E-state index in [0.717, 1.165) is 11.1 Å². The van der Waals surface area contributed by atoms with E-state index in [-0.39, 0.29) is 0 Å². The molecule has 0 atom stereocenters. The lowest BCUT2D eigenvalue weighted by Crippen LogP contribution is -1.83. The molecule has 3 rings (SSSR count). The topological polar surface area (TPSA) is 36.7 Å². The maximum Gasteiger partial charge on any atom is 0.0998 e. The highest BCUT2D eigenvalue weighted by molar-refractivity contribution is 7.15. The molecule has 2 nitrogen and oxygen atoms in total. The summed E-state index contributed by atoms with van der Waals surface area (Å²) in [5.41, 5.74) is 3.73. The van der Waals surface area contributed by atoms with E-state index in [1.807, 2.05) is 41.7 Å². The number of nitriles is 1. The van der Waals surface area contributed by atoms with Crippen molar-refractivity contribution in [2.45, 2.75) is 39.0 Å². The van der Waals surface area contributed by atoms with Crippen LogP contribution in [-0.2, 0) is 6.42 Å². The molecule has 0 N–H and O–H groups in total. The van der Waals surface area contributed by atoms with Crippen LogP contribution in [0.25, 0.3) is 22.1 Å². The van der Waals surface area contributed by atoms with Crippen LogP contribution in [0.3, 0.4) is 0 Å². The highest BCUT2D eigenvalue weighted by Crippen LogP contribution is 2.30. The van der Waals surface area contributed by atoms with E-state index in [0.29, 0.717) is 5.57 Å². The van der Waals surface area contributed by atoms with Gasteiger partial charge in [0.25, 0.3) is 0 Å². The van der Waals surface area contributed by atoms with Crippen LogP contribution in [0.15, 0.2) is 60.9 Å². The van der Waals surface area contributed by atoms with Crippen LogP contribution in [0.1, 0.15) is 48.6 Å². The number of benzene rings is 1. The molecule has 3 heteroatoms. The van der Waals surface area contributed by atoms with Crippen LogP contribution in [0, 0.1) is 11.3 Å². The Morgan fingerprint density at radius 2 is 1.93 bits per heavy atom. The molecule has 0 saturated carbocycles. The summed E-state index contributed by atoms with van der Waals surface area (Å²) >= 11 is 1.88. The number of hydrogen-bond acceptors (Lipinski definition) is 3. The van der Waals surface area contributed by atoms with Gasteiger partial charge in [0.15, 0.2) is 0 Å². The maximum absolute atomic E-state index is 9.51. The second-order valence-corrected chi connectivity index (χ2v) is 7.78. The molecule has 0 aliphatic carbocycles. The predicted molar refractivity (Wildman–Crippen MR) is 115 cm³/mol. The Hall–Kier alpha value is -2.70. The van der Waals surface area contributed by atoms with Gasteiger partial charge in [0.05, 0.1) is 11.6 Å². The largest absolute Gasteiger partial charge is 0.264 e. The van der Waals surface area contributed by atoms with Crippen LogP contribution < -0.4 is 0 Å². The summed E-state index contributed by atoms with van der Waals surface area (Å²) in [4.78, 5) is 6.85. The fourth-order valence-electron chi connectivity index (χ4n) is 3.02. The molecular weight excluding hydrogens is 348 g/mol. The Kier molecular flexibility index (Phi) is 6.96. The highest BCUT2D eigenvalue weighted by Gasteiger charge is 2.06. The normalized spacial score (nSPS) is 11.3. The predicted octanol–water partition coefficient (Wildman–Crippen LogP) is 7.00. The third-order valence-corrected chi connectivity index (χ3v) is 5.73. The van der Waals surface area contributed by atoms with Gasteiger partial charge in [0, 0.05) is 22.1 Å². The van der Waals surface area contributed by atoms with Crippen molar-refractivity contribution in [1.82, 2.24) is 4.98 Å². The molecule has 0 fully saturated rings. The fraction of sp³-hybridized carbons (Fsp3) is 0.250. The summed E-state index contributed by atoms with van der Waals surface area (Å²) in [5.74, 6) is 0. The molecule has 0 bridgehead atoms. The SMILES string of the molecule is CCCCCCc1ccc(-c2ccc(/C(C#N)=C/c3cccnc3)cc2)s1. The lowest BCUT2D eigenvalue weighted by Gasteiger charge is -2.02. The third-order valence-electron chi connectivity index (χ3n) is 4.53. The second kappa shape index (κ2) is 9.85. The van der Waals surface area contributed by atoms with Crippen molar-refractivity contribution in [3.63, 3.8) is 0 Å². The first-order chi connectivity index (χ1) is 13.3. The smallest absolute Gasteiger partial charge is 0.0998 e. The van der Waals surface area contributed by atoms with E-state index in [9.17, 15) is 5.26 Å². The zero-order valence-electron chi connectivity index (χ0n) is 15.7. The van der Waals surface area contributed by atoms with Gasteiger partial charge in [-0.05, 0) is 53.8 Å².